The maximum atomic E-state index is 13.0. The van der Waals surface area contributed by atoms with Gasteiger partial charge in [-0.3, -0.25) is 9.59 Å². The van der Waals surface area contributed by atoms with E-state index in [9.17, 15) is 14.0 Å². The molecule has 0 radical (unpaired) electrons. The number of aromatic nitrogens is 2. The van der Waals surface area contributed by atoms with Crippen molar-refractivity contribution in [2.45, 2.75) is 8.68 Å². The van der Waals surface area contributed by atoms with Crippen molar-refractivity contribution in [3.8, 4) is 0 Å². The minimum atomic E-state index is -0.438. The van der Waals surface area contributed by atoms with Crippen LogP contribution in [-0.2, 0) is 4.79 Å². The molecule has 0 fully saturated rings. The first-order valence-electron chi connectivity index (χ1n) is 5.71. The molecule has 2 aromatic rings. The van der Waals surface area contributed by atoms with E-state index in [4.69, 9.17) is 5.73 Å². The number of hydrogen-bond acceptors (Lipinski definition) is 7. The van der Waals surface area contributed by atoms with Crippen molar-refractivity contribution < 1.29 is 14.0 Å². The Balaban J connectivity index is 1.88. The summed E-state index contributed by atoms with van der Waals surface area (Å²) in [6.07, 6.45) is 0. The minimum Gasteiger partial charge on any atom is -0.369 e. The molecule has 0 atom stereocenters. The third-order valence-corrected chi connectivity index (χ3v) is 5.41. The lowest BCUT2D eigenvalue weighted by Crippen LogP contribution is -2.12. The number of ketones is 1. The SMILES string of the molecule is NC(=O)CSc1nnc(SCC(=O)c2cccc(F)c2)s1. The largest absolute Gasteiger partial charge is 0.369 e. The van der Waals surface area contributed by atoms with Gasteiger partial charge < -0.3 is 5.73 Å². The van der Waals surface area contributed by atoms with Crippen LogP contribution in [0.1, 0.15) is 10.4 Å². The van der Waals surface area contributed by atoms with E-state index in [0.717, 1.165) is 0 Å². The summed E-state index contributed by atoms with van der Waals surface area (Å²) in [7, 11) is 0. The van der Waals surface area contributed by atoms with Crippen molar-refractivity contribution in [2.75, 3.05) is 11.5 Å². The number of thioether (sulfide) groups is 2. The van der Waals surface area contributed by atoms with E-state index in [1.54, 1.807) is 6.07 Å². The monoisotopic (exact) mass is 343 g/mol. The maximum absolute atomic E-state index is 13.0. The quantitative estimate of drug-likeness (QED) is 0.613. The number of halogens is 1. The van der Waals surface area contributed by atoms with E-state index in [2.05, 4.69) is 10.2 Å². The molecule has 0 aliphatic heterocycles. The lowest BCUT2D eigenvalue weighted by Gasteiger charge is -1.98. The number of nitrogens with two attached hydrogens (primary N) is 1. The molecule has 110 valence electrons. The standard InChI is InChI=1S/C12H10FN3O2S3/c13-8-3-1-2-7(4-8)9(17)5-19-11-15-16-12(21-11)20-6-10(14)18/h1-4H,5-6H2,(H2,14,18). The second-order valence-corrected chi connectivity index (χ2v) is 7.23. The van der Waals surface area contributed by atoms with Crippen LogP contribution in [0, 0.1) is 5.82 Å². The highest BCUT2D eigenvalue weighted by Gasteiger charge is 2.11. The van der Waals surface area contributed by atoms with Gasteiger partial charge in [0, 0.05) is 5.56 Å². The fourth-order valence-electron chi connectivity index (χ4n) is 1.32. The van der Waals surface area contributed by atoms with Crippen LogP contribution in [0.4, 0.5) is 4.39 Å². The van der Waals surface area contributed by atoms with E-state index in [0.29, 0.717) is 14.2 Å². The van der Waals surface area contributed by atoms with Gasteiger partial charge in [0.1, 0.15) is 5.82 Å². The van der Waals surface area contributed by atoms with E-state index in [1.807, 2.05) is 0 Å². The number of hydrogen-bond donors (Lipinski definition) is 1. The van der Waals surface area contributed by atoms with E-state index in [-0.39, 0.29) is 17.3 Å². The first kappa shape index (κ1) is 15.9. The molecule has 0 saturated heterocycles. The van der Waals surface area contributed by atoms with Gasteiger partial charge in [-0.05, 0) is 12.1 Å². The Morgan fingerprint density at radius 3 is 2.48 bits per heavy atom. The van der Waals surface area contributed by atoms with Gasteiger partial charge in [-0.2, -0.15) is 0 Å². The summed E-state index contributed by atoms with van der Waals surface area (Å²) in [5.41, 5.74) is 5.37. The number of rotatable bonds is 7. The number of nitrogens with zero attached hydrogens (tertiary/aromatic N) is 2. The number of amides is 1. The molecule has 1 aromatic carbocycles. The van der Waals surface area contributed by atoms with Gasteiger partial charge in [0.15, 0.2) is 14.5 Å². The summed E-state index contributed by atoms with van der Waals surface area (Å²) in [6, 6.07) is 5.56. The maximum Gasteiger partial charge on any atom is 0.227 e. The Labute approximate surface area is 132 Å². The van der Waals surface area contributed by atoms with Crippen molar-refractivity contribution in [1.82, 2.24) is 10.2 Å². The molecule has 0 bridgehead atoms. The molecule has 0 saturated carbocycles. The summed E-state index contributed by atoms with van der Waals surface area (Å²) < 4.78 is 14.3. The zero-order valence-corrected chi connectivity index (χ0v) is 13.1. The van der Waals surface area contributed by atoms with E-state index < -0.39 is 11.7 Å². The third-order valence-electron chi connectivity index (χ3n) is 2.20. The van der Waals surface area contributed by atoms with Crippen molar-refractivity contribution in [3.05, 3.63) is 35.6 Å². The molecule has 0 aliphatic carbocycles. The molecule has 0 aliphatic rings. The van der Waals surface area contributed by atoms with Crippen LogP contribution in [-0.4, -0.2) is 33.4 Å². The second kappa shape index (κ2) is 7.53. The highest BCUT2D eigenvalue weighted by atomic mass is 32.2. The Kier molecular flexibility index (Phi) is 5.71. The average Bonchev–Trinajstić information content (AvgIpc) is 2.90. The topological polar surface area (TPSA) is 85.9 Å². The van der Waals surface area contributed by atoms with Crippen LogP contribution in [0.5, 0.6) is 0 Å². The zero-order chi connectivity index (χ0) is 15.2. The molecule has 1 heterocycles. The van der Waals surface area contributed by atoms with Gasteiger partial charge in [0.05, 0.1) is 11.5 Å². The van der Waals surface area contributed by atoms with Crippen LogP contribution in [0.3, 0.4) is 0 Å². The summed E-state index contributed by atoms with van der Waals surface area (Å²) in [4.78, 5) is 22.6. The van der Waals surface area contributed by atoms with Crippen molar-refractivity contribution in [2.24, 2.45) is 5.73 Å². The first-order chi connectivity index (χ1) is 10.0. The van der Waals surface area contributed by atoms with Gasteiger partial charge in [0.25, 0.3) is 0 Å². The second-order valence-electron chi connectivity index (χ2n) is 3.81. The summed E-state index contributed by atoms with van der Waals surface area (Å²) in [5, 5.41) is 7.79. The van der Waals surface area contributed by atoms with Crippen LogP contribution < -0.4 is 5.73 Å². The molecule has 9 heteroatoms. The molecule has 2 rings (SSSR count). The minimum absolute atomic E-state index is 0.140. The fraction of sp³-hybridized carbons (Fsp3) is 0.167. The highest BCUT2D eigenvalue weighted by Crippen LogP contribution is 2.28. The number of primary amides is 1. The molecule has 1 aromatic heterocycles. The summed E-state index contributed by atoms with van der Waals surface area (Å²) in [5.74, 6) is -0.751. The van der Waals surface area contributed by atoms with E-state index in [1.165, 1.54) is 53.1 Å². The third kappa shape index (κ3) is 5.10. The van der Waals surface area contributed by atoms with Crippen LogP contribution in [0.25, 0.3) is 0 Å². The van der Waals surface area contributed by atoms with Crippen molar-refractivity contribution in [1.29, 1.82) is 0 Å². The molecule has 5 nitrogen and oxygen atoms in total. The lowest BCUT2D eigenvalue weighted by atomic mass is 10.1. The van der Waals surface area contributed by atoms with Crippen LogP contribution in [0.2, 0.25) is 0 Å². The summed E-state index contributed by atoms with van der Waals surface area (Å²) in [6.45, 7) is 0. The first-order valence-corrected chi connectivity index (χ1v) is 8.49. The van der Waals surface area contributed by atoms with Gasteiger partial charge in [0.2, 0.25) is 5.91 Å². The number of carbonyl (C=O) groups is 2. The predicted molar refractivity (Wildman–Crippen MR) is 81.3 cm³/mol. The molecule has 1 amide bonds. The van der Waals surface area contributed by atoms with E-state index >= 15 is 0 Å². The zero-order valence-electron chi connectivity index (χ0n) is 10.6. The van der Waals surface area contributed by atoms with Crippen LogP contribution in [0.15, 0.2) is 32.9 Å². The number of Topliss-reactive ketones (excluding diaryl/α,β-unsaturated/α-hetero) is 1. The summed E-state index contributed by atoms with van der Waals surface area (Å²) >= 11 is 3.72. The molecule has 0 spiro atoms. The number of benzene rings is 1. The van der Waals surface area contributed by atoms with Gasteiger partial charge >= 0.3 is 0 Å². The molecule has 0 unspecified atom stereocenters. The van der Waals surface area contributed by atoms with Crippen molar-refractivity contribution >= 4 is 46.6 Å². The average molecular weight is 343 g/mol. The smallest absolute Gasteiger partial charge is 0.227 e. The predicted octanol–water partition coefficient (Wildman–Crippen LogP) is 2.23. The molecule has 2 N–H and O–H groups in total. The molecule has 21 heavy (non-hydrogen) atoms. The highest BCUT2D eigenvalue weighted by molar-refractivity contribution is 8.03. The fourth-order valence-corrected chi connectivity index (χ4v) is 3.97. The normalized spacial score (nSPS) is 10.5. The Morgan fingerprint density at radius 1 is 1.19 bits per heavy atom. The van der Waals surface area contributed by atoms with Gasteiger partial charge in [-0.15, -0.1) is 10.2 Å². The Morgan fingerprint density at radius 2 is 1.86 bits per heavy atom. The lowest BCUT2D eigenvalue weighted by molar-refractivity contribution is -0.115. The Bertz CT molecular complexity index is 663. The van der Waals surface area contributed by atoms with Crippen LogP contribution >= 0.6 is 34.9 Å². The molecular weight excluding hydrogens is 333 g/mol. The van der Waals surface area contributed by atoms with Gasteiger partial charge in [-0.25, -0.2) is 4.39 Å². The molecular formula is C12H10FN3O2S3. The Hall–Kier alpha value is -1.45. The number of carbonyl (C=O) groups excluding carboxylic acids is 2. The van der Waals surface area contributed by atoms with Crippen molar-refractivity contribution in [3.63, 3.8) is 0 Å². The van der Waals surface area contributed by atoms with Gasteiger partial charge in [-0.1, -0.05) is 47.0 Å².